The van der Waals surface area contributed by atoms with Crippen LogP contribution in [0.15, 0.2) is 72.9 Å². The summed E-state index contributed by atoms with van der Waals surface area (Å²) in [6.45, 7) is 2.62. The van der Waals surface area contributed by atoms with Crippen LogP contribution in [0.2, 0.25) is 0 Å². The van der Waals surface area contributed by atoms with Crippen LogP contribution >= 0.6 is 15.6 Å². The van der Waals surface area contributed by atoms with Gasteiger partial charge in [0.15, 0.2) is 6.10 Å². The number of hydrogen-bond acceptors (Lipinski definition) is 14. The molecule has 0 aromatic heterocycles. The van der Waals surface area contributed by atoms with Gasteiger partial charge in [0.2, 0.25) is 0 Å². The van der Waals surface area contributed by atoms with E-state index >= 15 is 0 Å². The topological polar surface area (TPSA) is 231 Å². The van der Waals surface area contributed by atoms with Gasteiger partial charge in [-0.2, -0.15) is 0 Å². The lowest BCUT2D eigenvalue weighted by Crippen LogP contribution is -2.30. The van der Waals surface area contributed by atoms with Crippen LogP contribution in [-0.2, 0) is 55.8 Å². The van der Waals surface area contributed by atoms with Crippen molar-refractivity contribution in [3.05, 3.63) is 72.9 Å². The Labute approximate surface area is 541 Å². The van der Waals surface area contributed by atoms with Crippen molar-refractivity contribution >= 4 is 33.6 Å². The predicted octanol–water partition coefficient (Wildman–Crippen LogP) is 19.5. The van der Waals surface area contributed by atoms with Crippen molar-refractivity contribution in [2.75, 3.05) is 39.6 Å². The lowest BCUT2D eigenvalue weighted by Gasteiger charge is -2.21. The first-order chi connectivity index (χ1) is 43.2. The molecule has 518 valence electrons. The number of ether oxygens (including phenoxy) is 3. The van der Waals surface area contributed by atoms with E-state index in [2.05, 4.69) is 93.7 Å². The van der Waals surface area contributed by atoms with Gasteiger partial charge in [-0.1, -0.05) is 241 Å². The second-order valence-electron chi connectivity index (χ2n) is 23.7. The van der Waals surface area contributed by atoms with Crippen molar-refractivity contribution in [3.8, 4) is 0 Å². The average Bonchev–Trinajstić information content (AvgIpc) is 3.65. The molecule has 4 N–H and O–H groups in total. The first-order valence-corrected chi connectivity index (χ1v) is 38.2. The van der Waals surface area contributed by atoms with E-state index in [4.69, 9.17) is 32.3 Å². The lowest BCUT2D eigenvalue weighted by atomic mass is 10.1. The van der Waals surface area contributed by atoms with Gasteiger partial charge in [-0.15, -0.1) is 0 Å². The molecule has 0 spiro atoms. The number of hydrogen-bond donors (Lipinski definition) is 4. The largest absolute Gasteiger partial charge is 0.472 e. The summed E-state index contributed by atoms with van der Waals surface area (Å²) >= 11 is 0. The molecule has 18 heteroatoms. The number of esters is 3. The first-order valence-electron chi connectivity index (χ1n) is 35.2. The predicted molar refractivity (Wildman–Crippen MR) is 362 cm³/mol. The number of allylic oxidation sites excluding steroid dienone is 12. The SMILES string of the molecule is CCCCC/C=C\C/C=C\C/C=C\C/C=C\CCCCCCCCCC(=O)OCC(O)COP(=O)(O)OCC(O)COP(=O)(O)OCC(COC(=O)CCCCCCC/C=C\CCCCCCCC)OC(=O)CCCCCCC/C=C\CCCCCCCC. The Kier molecular flexibility index (Phi) is 62.9. The molecule has 0 heterocycles. The second-order valence-corrected chi connectivity index (χ2v) is 26.6. The smallest absolute Gasteiger partial charge is 0.463 e. The summed E-state index contributed by atoms with van der Waals surface area (Å²) < 4.78 is 60.9. The third kappa shape index (κ3) is 66.3. The second kappa shape index (κ2) is 65.1. The molecule has 0 aliphatic rings. The van der Waals surface area contributed by atoms with E-state index in [0.29, 0.717) is 19.3 Å². The van der Waals surface area contributed by atoms with Gasteiger partial charge in [0, 0.05) is 19.3 Å². The van der Waals surface area contributed by atoms with Gasteiger partial charge >= 0.3 is 33.6 Å². The first kappa shape index (κ1) is 86.0. The number of unbranched alkanes of at least 4 members (excludes halogenated alkanes) is 32. The molecule has 89 heavy (non-hydrogen) atoms. The minimum absolute atomic E-state index is 0.0952. The van der Waals surface area contributed by atoms with Crippen molar-refractivity contribution in [3.63, 3.8) is 0 Å². The Morgan fingerprint density at radius 2 is 0.562 bits per heavy atom. The van der Waals surface area contributed by atoms with E-state index in [1.165, 1.54) is 103 Å². The number of aliphatic hydroxyl groups is 2. The molecule has 0 amide bonds. The molecule has 0 saturated carbocycles. The Morgan fingerprint density at radius 3 is 0.921 bits per heavy atom. The molecule has 0 fully saturated rings. The number of phosphoric acid groups is 2. The number of aliphatic hydroxyl groups excluding tert-OH is 2. The van der Waals surface area contributed by atoms with Crippen molar-refractivity contribution in [2.45, 2.75) is 322 Å². The van der Waals surface area contributed by atoms with E-state index in [9.17, 15) is 43.5 Å². The van der Waals surface area contributed by atoms with E-state index in [-0.39, 0.29) is 19.3 Å². The molecule has 0 aliphatic carbocycles. The van der Waals surface area contributed by atoms with Crippen molar-refractivity contribution in [1.82, 2.24) is 0 Å². The van der Waals surface area contributed by atoms with E-state index in [1.54, 1.807) is 0 Å². The van der Waals surface area contributed by atoms with Gasteiger partial charge in [-0.3, -0.25) is 32.5 Å². The third-order valence-corrected chi connectivity index (χ3v) is 16.8. The molecule has 5 atom stereocenters. The zero-order chi connectivity index (χ0) is 65.3. The molecule has 0 radical (unpaired) electrons. The molecule has 0 aliphatic heterocycles. The highest BCUT2D eigenvalue weighted by atomic mass is 31.2. The minimum atomic E-state index is -4.92. The molecule has 0 saturated heterocycles. The van der Waals surface area contributed by atoms with Gasteiger partial charge in [0.05, 0.1) is 26.4 Å². The molecule has 16 nitrogen and oxygen atoms in total. The maximum absolute atomic E-state index is 12.9. The lowest BCUT2D eigenvalue weighted by molar-refractivity contribution is -0.161. The fraction of sp³-hybridized carbons (Fsp3) is 0.789. The monoisotopic (exact) mass is 1300 g/mol. The molecule has 0 aromatic rings. The highest BCUT2D eigenvalue weighted by Crippen LogP contribution is 2.45. The van der Waals surface area contributed by atoms with Crippen LogP contribution in [0.25, 0.3) is 0 Å². The summed E-state index contributed by atoms with van der Waals surface area (Å²) in [5.41, 5.74) is 0. The van der Waals surface area contributed by atoms with Crippen LogP contribution in [0.3, 0.4) is 0 Å². The highest BCUT2D eigenvalue weighted by Gasteiger charge is 2.29. The van der Waals surface area contributed by atoms with Gasteiger partial charge < -0.3 is 34.2 Å². The number of phosphoric ester groups is 2. The number of carbonyl (C=O) groups excluding carboxylic acids is 3. The summed E-state index contributed by atoms with van der Waals surface area (Å²) in [6, 6.07) is 0. The van der Waals surface area contributed by atoms with Crippen LogP contribution < -0.4 is 0 Å². The van der Waals surface area contributed by atoms with Crippen molar-refractivity contribution in [1.29, 1.82) is 0 Å². The van der Waals surface area contributed by atoms with Gasteiger partial charge in [-0.25, -0.2) is 9.13 Å². The van der Waals surface area contributed by atoms with Crippen molar-refractivity contribution < 1.29 is 75.8 Å². The van der Waals surface area contributed by atoms with E-state index in [1.807, 2.05) is 0 Å². The van der Waals surface area contributed by atoms with Crippen LogP contribution in [0.1, 0.15) is 303 Å². The Bertz CT molecular complexity index is 1920. The molecule has 5 unspecified atom stereocenters. The normalized spacial score (nSPS) is 14.6. The Hall–Kier alpha value is -3.01. The van der Waals surface area contributed by atoms with Crippen LogP contribution in [0.4, 0.5) is 0 Å². The van der Waals surface area contributed by atoms with Gasteiger partial charge in [-0.05, 0) is 116 Å². The fourth-order valence-corrected chi connectivity index (χ4v) is 11.0. The molecule has 0 bridgehead atoms. The van der Waals surface area contributed by atoms with Crippen LogP contribution in [0, 0.1) is 0 Å². The minimum Gasteiger partial charge on any atom is -0.463 e. The van der Waals surface area contributed by atoms with Gasteiger partial charge in [0.25, 0.3) is 0 Å². The summed E-state index contributed by atoms with van der Waals surface area (Å²) in [4.78, 5) is 58.4. The molecule has 0 rings (SSSR count). The number of rotatable bonds is 67. The fourth-order valence-electron chi connectivity index (χ4n) is 9.43. The summed E-state index contributed by atoms with van der Waals surface area (Å²) in [6.07, 6.45) is 68.0. The molecule has 0 aromatic carbocycles. The Morgan fingerprint density at radius 1 is 0.315 bits per heavy atom. The standard InChI is InChI=1S/C71H128O16P2/c1-4-7-10-13-16-19-22-25-28-29-30-31-32-33-34-35-38-40-42-45-48-51-54-57-69(74)81-60-66(72)61-83-88(77,78)84-62-67(73)63-85-89(79,80)86-65-68(87-71(76)59-56-53-50-47-44-41-37-27-24-21-18-15-12-9-6-3)64-82-70(75)58-55-52-49-46-43-39-36-26-23-20-17-14-11-8-5-2/h16,19,25-28,30-31,33-34,36-37,66-68,72-73H,4-15,17-18,20-24,29,32,35,38-65H2,1-3H3,(H,77,78)(H,79,80)/b19-16-,28-25-,31-30-,34-33-,36-26-,37-27-. The average molecular weight is 1300 g/mol. The maximum Gasteiger partial charge on any atom is 0.472 e. The highest BCUT2D eigenvalue weighted by molar-refractivity contribution is 7.47. The molecular weight excluding hydrogens is 1170 g/mol. The summed E-state index contributed by atoms with van der Waals surface area (Å²) in [7, 11) is -9.77. The third-order valence-electron chi connectivity index (χ3n) is 14.9. The van der Waals surface area contributed by atoms with Crippen LogP contribution in [0.5, 0.6) is 0 Å². The molecular formula is C71H128O16P2. The zero-order valence-corrected chi connectivity index (χ0v) is 57.9. The van der Waals surface area contributed by atoms with Gasteiger partial charge in [0.1, 0.15) is 25.4 Å². The van der Waals surface area contributed by atoms with Crippen molar-refractivity contribution in [2.24, 2.45) is 0 Å². The zero-order valence-electron chi connectivity index (χ0n) is 56.1. The maximum atomic E-state index is 12.9. The summed E-state index contributed by atoms with van der Waals surface area (Å²) in [5.74, 6) is -1.59. The quantitative estimate of drug-likeness (QED) is 0.0146. The van der Waals surface area contributed by atoms with E-state index in [0.717, 1.165) is 141 Å². The number of carbonyl (C=O) groups is 3. The van der Waals surface area contributed by atoms with E-state index < -0.39 is 91.5 Å². The summed E-state index contributed by atoms with van der Waals surface area (Å²) in [5, 5.41) is 20.6. The van der Waals surface area contributed by atoms with Crippen LogP contribution in [-0.4, -0.2) is 95.9 Å². The Balaban J connectivity index is 4.60.